The van der Waals surface area contributed by atoms with Gasteiger partial charge in [0, 0.05) is 17.6 Å². The number of halogens is 1. The molecule has 0 spiro atoms. The summed E-state index contributed by atoms with van der Waals surface area (Å²) in [6.45, 7) is 1.58. The van der Waals surface area contributed by atoms with Gasteiger partial charge in [-0.05, 0) is 37.4 Å². The molecule has 0 amide bonds. The quantitative estimate of drug-likeness (QED) is 0.654. The molecule has 1 fully saturated rings. The number of nitrogens with zero attached hydrogens (tertiary/aromatic N) is 4. The molecule has 1 N–H and O–H groups in total. The van der Waals surface area contributed by atoms with Crippen molar-refractivity contribution < 1.29 is 4.92 Å². The smallest absolute Gasteiger partial charge is 0.295 e. The SMILES string of the molecule is O=[N+]([O-])c1ccc(Cl)cc1-n1cc(CNCC2CC2)nn1. The van der Waals surface area contributed by atoms with Crippen LogP contribution in [-0.2, 0) is 6.54 Å². The van der Waals surface area contributed by atoms with Gasteiger partial charge in [-0.2, -0.15) is 0 Å². The first-order chi connectivity index (χ1) is 10.1. The fourth-order valence-electron chi connectivity index (χ4n) is 2.06. The van der Waals surface area contributed by atoms with Crippen molar-refractivity contribution in [1.29, 1.82) is 0 Å². The van der Waals surface area contributed by atoms with Gasteiger partial charge in [0.25, 0.3) is 5.69 Å². The second-order valence-corrected chi connectivity index (χ2v) is 5.56. The van der Waals surface area contributed by atoms with E-state index >= 15 is 0 Å². The van der Waals surface area contributed by atoms with Gasteiger partial charge < -0.3 is 5.32 Å². The standard InChI is InChI=1S/C13H14ClN5O2/c14-10-3-4-12(19(20)21)13(5-10)18-8-11(16-17-18)7-15-6-9-1-2-9/h3-5,8-9,15H,1-2,6-7H2. The van der Waals surface area contributed by atoms with Gasteiger partial charge in [-0.1, -0.05) is 16.8 Å². The Morgan fingerprint density at radius 3 is 3.00 bits per heavy atom. The summed E-state index contributed by atoms with van der Waals surface area (Å²) >= 11 is 5.91. The van der Waals surface area contributed by atoms with Crippen molar-refractivity contribution in [3.63, 3.8) is 0 Å². The second kappa shape index (κ2) is 5.79. The zero-order valence-electron chi connectivity index (χ0n) is 11.2. The number of benzene rings is 1. The Kier molecular flexibility index (Phi) is 3.85. The molecule has 8 heteroatoms. The summed E-state index contributed by atoms with van der Waals surface area (Å²) < 4.78 is 1.39. The topological polar surface area (TPSA) is 85.9 Å². The van der Waals surface area contributed by atoms with E-state index in [-0.39, 0.29) is 5.69 Å². The number of aromatic nitrogens is 3. The summed E-state index contributed by atoms with van der Waals surface area (Å²) in [6.07, 6.45) is 4.25. The number of hydrogen-bond acceptors (Lipinski definition) is 5. The molecule has 0 unspecified atom stereocenters. The van der Waals surface area contributed by atoms with Crippen LogP contribution in [0.4, 0.5) is 5.69 Å². The number of nitro groups is 1. The van der Waals surface area contributed by atoms with Crippen LogP contribution in [-0.4, -0.2) is 26.5 Å². The van der Waals surface area contributed by atoms with Crippen molar-refractivity contribution in [1.82, 2.24) is 20.3 Å². The molecule has 0 radical (unpaired) electrons. The van der Waals surface area contributed by atoms with Crippen molar-refractivity contribution >= 4 is 17.3 Å². The normalized spacial score (nSPS) is 14.3. The zero-order valence-corrected chi connectivity index (χ0v) is 12.0. The molecule has 0 aliphatic heterocycles. The van der Waals surface area contributed by atoms with Crippen LogP contribution in [0.15, 0.2) is 24.4 Å². The maximum atomic E-state index is 11.1. The molecule has 1 saturated carbocycles. The maximum absolute atomic E-state index is 11.1. The molecule has 2 aromatic rings. The Balaban J connectivity index is 1.78. The molecule has 0 saturated heterocycles. The highest BCUT2D eigenvalue weighted by molar-refractivity contribution is 6.30. The van der Waals surface area contributed by atoms with Crippen molar-refractivity contribution in [3.05, 3.63) is 45.2 Å². The Morgan fingerprint density at radius 1 is 1.48 bits per heavy atom. The highest BCUT2D eigenvalue weighted by Gasteiger charge is 2.21. The predicted octanol–water partition coefficient (Wildman–Crippen LogP) is 2.33. The van der Waals surface area contributed by atoms with E-state index in [0.29, 0.717) is 17.3 Å². The van der Waals surface area contributed by atoms with Gasteiger partial charge in [0.1, 0.15) is 5.69 Å². The van der Waals surface area contributed by atoms with Crippen molar-refractivity contribution in [3.8, 4) is 5.69 Å². The molecule has 21 heavy (non-hydrogen) atoms. The van der Waals surface area contributed by atoms with Gasteiger partial charge in [-0.15, -0.1) is 5.10 Å². The van der Waals surface area contributed by atoms with E-state index in [4.69, 9.17) is 11.6 Å². The van der Waals surface area contributed by atoms with E-state index in [2.05, 4.69) is 15.6 Å². The zero-order chi connectivity index (χ0) is 14.8. The number of hydrogen-bond donors (Lipinski definition) is 1. The van der Waals surface area contributed by atoms with Crippen LogP contribution in [0.5, 0.6) is 0 Å². The van der Waals surface area contributed by atoms with Crippen LogP contribution < -0.4 is 5.32 Å². The molecule has 0 atom stereocenters. The second-order valence-electron chi connectivity index (χ2n) is 5.12. The van der Waals surface area contributed by atoms with Crippen LogP contribution >= 0.6 is 11.6 Å². The van der Waals surface area contributed by atoms with Crippen molar-refractivity contribution in [2.45, 2.75) is 19.4 Å². The summed E-state index contributed by atoms with van der Waals surface area (Å²) in [5.74, 6) is 0.786. The van der Waals surface area contributed by atoms with E-state index < -0.39 is 4.92 Å². The lowest BCUT2D eigenvalue weighted by atomic mass is 10.2. The lowest BCUT2D eigenvalue weighted by Gasteiger charge is -2.02. The highest BCUT2D eigenvalue weighted by Crippen LogP contribution is 2.28. The van der Waals surface area contributed by atoms with Gasteiger partial charge in [0.05, 0.1) is 16.8 Å². The summed E-state index contributed by atoms with van der Waals surface area (Å²) in [7, 11) is 0. The van der Waals surface area contributed by atoms with Crippen LogP contribution in [0.2, 0.25) is 5.02 Å². The van der Waals surface area contributed by atoms with Gasteiger partial charge in [-0.3, -0.25) is 10.1 Å². The number of nitro benzene ring substituents is 1. The Bertz CT molecular complexity index is 668. The van der Waals surface area contributed by atoms with Gasteiger partial charge in [0.2, 0.25) is 0 Å². The van der Waals surface area contributed by atoms with Crippen molar-refractivity contribution in [2.75, 3.05) is 6.54 Å². The van der Waals surface area contributed by atoms with Gasteiger partial charge in [-0.25, -0.2) is 4.68 Å². The highest BCUT2D eigenvalue weighted by atomic mass is 35.5. The van der Waals surface area contributed by atoms with Crippen LogP contribution in [0.3, 0.4) is 0 Å². The Hall–Kier alpha value is -1.99. The molecule has 0 bridgehead atoms. The number of rotatable bonds is 6. The van der Waals surface area contributed by atoms with Gasteiger partial charge in [0.15, 0.2) is 0 Å². The lowest BCUT2D eigenvalue weighted by Crippen LogP contribution is -2.16. The fraction of sp³-hybridized carbons (Fsp3) is 0.385. The molecule has 7 nitrogen and oxygen atoms in total. The third-order valence-corrected chi connectivity index (χ3v) is 3.59. The number of nitrogens with one attached hydrogen (secondary N) is 1. The minimum Gasteiger partial charge on any atom is -0.311 e. The minimum absolute atomic E-state index is 0.0539. The van der Waals surface area contributed by atoms with E-state index in [1.165, 1.54) is 35.7 Å². The molecule has 110 valence electrons. The Labute approximate surface area is 126 Å². The summed E-state index contributed by atoms with van der Waals surface area (Å²) in [5, 5.41) is 22.7. The fourth-order valence-corrected chi connectivity index (χ4v) is 2.22. The summed E-state index contributed by atoms with van der Waals surface area (Å²) in [4.78, 5) is 10.6. The lowest BCUT2D eigenvalue weighted by molar-refractivity contribution is -0.384. The van der Waals surface area contributed by atoms with Gasteiger partial charge >= 0.3 is 0 Å². The monoisotopic (exact) mass is 307 g/mol. The first kappa shape index (κ1) is 14.0. The molecule has 3 rings (SSSR count). The molecular formula is C13H14ClN5O2. The first-order valence-electron chi connectivity index (χ1n) is 6.70. The van der Waals surface area contributed by atoms with Crippen molar-refractivity contribution in [2.24, 2.45) is 5.92 Å². The molecule has 1 aliphatic carbocycles. The average molecular weight is 308 g/mol. The molecule has 1 aliphatic rings. The molecule has 1 aromatic carbocycles. The molecule has 1 heterocycles. The third kappa shape index (κ3) is 3.37. The average Bonchev–Trinajstić information content (AvgIpc) is 3.14. The van der Waals surface area contributed by atoms with E-state index in [0.717, 1.165) is 18.2 Å². The summed E-state index contributed by atoms with van der Waals surface area (Å²) in [5.41, 5.74) is 1.00. The van der Waals surface area contributed by atoms with Crippen LogP contribution in [0.25, 0.3) is 5.69 Å². The van der Waals surface area contributed by atoms with Crippen LogP contribution in [0.1, 0.15) is 18.5 Å². The van der Waals surface area contributed by atoms with E-state index in [1.54, 1.807) is 6.20 Å². The third-order valence-electron chi connectivity index (χ3n) is 3.36. The molecular weight excluding hydrogens is 294 g/mol. The predicted molar refractivity (Wildman–Crippen MR) is 77.5 cm³/mol. The minimum atomic E-state index is -0.460. The first-order valence-corrected chi connectivity index (χ1v) is 7.07. The molecule has 1 aromatic heterocycles. The largest absolute Gasteiger partial charge is 0.311 e. The van der Waals surface area contributed by atoms with Crippen LogP contribution in [0, 0.1) is 16.0 Å². The summed E-state index contributed by atoms with van der Waals surface area (Å²) in [6, 6.07) is 4.36. The van der Waals surface area contributed by atoms with E-state index in [9.17, 15) is 10.1 Å². The Morgan fingerprint density at radius 2 is 2.29 bits per heavy atom. The maximum Gasteiger partial charge on any atom is 0.295 e. The van der Waals surface area contributed by atoms with E-state index in [1.807, 2.05) is 0 Å².